The summed E-state index contributed by atoms with van der Waals surface area (Å²) in [5, 5.41) is 0. The van der Waals surface area contributed by atoms with Crippen molar-refractivity contribution in [2.75, 3.05) is 22.4 Å². The molecule has 0 aliphatic heterocycles. The summed E-state index contributed by atoms with van der Waals surface area (Å²) in [6.45, 7) is 1.62. The standard InChI is InChI=1S/C18H17F3N6O2S/c1-9-15(10-3-4-14(22)24-8-10)16(26-17(23)25-9)11-5-12(18(19,20)21)7-13(6-11)27-30(2,28)29/h3-8,27H,1-2H3,(H2,22,24)(H2,23,25,26). The number of hydrogen-bond donors (Lipinski definition) is 3. The first-order valence-corrected chi connectivity index (χ1v) is 10.3. The van der Waals surface area contributed by atoms with E-state index in [9.17, 15) is 21.6 Å². The molecule has 8 nitrogen and oxygen atoms in total. The molecule has 0 fully saturated rings. The molecule has 0 amide bonds. The third kappa shape index (κ3) is 4.76. The van der Waals surface area contributed by atoms with Crippen LogP contribution in [0.4, 0.5) is 30.6 Å². The van der Waals surface area contributed by atoms with Gasteiger partial charge in [-0.3, -0.25) is 4.72 Å². The van der Waals surface area contributed by atoms with Gasteiger partial charge in [-0.25, -0.2) is 23.4 Å². The van der Waals surface area contributed by atoms with Crippen molar-refractivity contribution in [2.24, 2.45) is 0 Å². The van der Waals surface area contributed by atoms with E-state index in [1.165, 1.54) is 18.3 Å². The maximum atomic E-state index is 13.5. The molecule has 0 radical (unpaired) electrons. The molecule has 1 aromatic carbocycles. The smallest absolute Gasteiger partial charge is 0.384 e. The van der Waals surface area contributed by atoms with Crippen molar-refractivity contribution >= 4 is 27.5 Å². The van der Waals surface area contributed by atoms with Crippen molar-refractivity contribution in [1.29, 1.82) is 0 Å². The highest BCUT2D eigenvalue weighted by atomic mass is 32.2. The number of anilines is 3. The lowest BCUT2D eigenvalue weighted by molar-refractivity contribution is -0.137. The number of aryl methyl sites for hydroxylation is 1. The van der Waals surface area contributed by atoms with Crippen LogP contribution in [0, 0.1) is 6.92 Å². The quantitative estimate of drug-likeness (QED) is 0.569. The Bertz CT molecular complexity index is 1210. The van der Waals surface area contributed by atoms with Gasteiger partial charge in [0, 0.05) is 28.6 Å². The van der Waals surface area contributed by atoms with Gasteiger partial charge in [-0.15, -0.1) is 0 Å². The summed E-state index contributed by atoms with van der Waals surface area (Å²) in [7, 11) is -3.82. The minimum atomic E-state index is -4.72. The second kappa shape index (κ2) is 7.44. The normalized spacial score (nSPS) is 12.0. The Morgan fingerprint density at radius 1 is 1.03 bits per heavy atom. The molecule has 0 saturated heterocycles. The van der Waals surface area contributed by atoms with E-state index in [-0.39, 0.29) is 28.7 Å². The molecule has 0 aliphatic rings. The van der Waals surface area contributed by atoms with Crippen LogP contribution in [0.1, 0.15) is 11.3 Å². The number of nitrogens with one attached hydrogen (secondary N) is 1. The van der Waals surface area contributed by atoms with Crippen molar-refractivity contribution in [3.8, 4) is 22.4 Å². The van der Waals surface area contributed by atoms with Gasteiger partial charge in [0.15, 0.2) is 0 Å². The SMILES string of the molecule is Cc1nc(N)nc(-c2cc(NS(C)(=O)=O)cc(C(F)(F)F)c2)c1-c1ccc(N)nc1. The number of benzene rings is 1. The van der Waals surface area contributed by atoms with Crippen molar-refractivity contribution in [3.63, 3.8) is 0 Å². The zero-order valence-corrected chi connectivity index (χ0v) is 16.6. The lowest BCUT2D eigenvalue weighted by atomic mass is 9.97. The Labute approximate surface area is 170 Å². The van der Waals surface area contributed by atoms with E-state index in [1.807, 2.05) is 0 Å². The predicted octanol–water partition coefficient (Wildman–Crippen LogP) is 3.07. The van der Waals surface area contributed by atoms with Crippen molar-refractivity contribution in [1.82, 2.24) is 15.0 Å². The van der Waals surface area contributed by atoms with Crippen LogP contribution < -0.4 is 16.2 Å². The fourth-order valence-corrected chi connectivity index (χ4v) is 3.45. The summed E-state index contributed by atoms with van der Waals surface area (Å²) in [6, 6.07) is 5.95. The van der Waals surface area contributed by atoms with Crippen LogP contribution in [0.2, 0.25) is 0 Å². The number of halogens is 3. The molecule has 5 N–H and O–H groups in total. The van der Waals surface area contributed by atoms with Crippen molar-refractivity contribution in [2.45, 2.75) is 13.1 Å². The Hall–Kier alpha value is -3.41. The number of nitrogen functional groups attached to an aromatic ring is 2. The first-order valence-electron chi connectivity index (χ1n) is 8.40. The van der Waals surface area contributed by atoms with E-state index in [2.05, 4.69) is 19.7 Å². The highest BCUT2D eigenvalue weighted by Crippen LogP contribution is 2.38. The van der Waals surface area contributed by atoms with Gasteiger partial charge in [0.2, 0.25) is 16.0 Å². The molecule has 12 heteroatoms. The molecule has 30 heavy (non-hydrogen) atoms. The van der Waals surface area contributed by atoms with Gasteiger partial charge in [-0.1, -0.05) is 0 Å². The molecule has 0 spiro atoms. The summed E-state index contributed by atoms with van der Waals surface area (Å²) < 4.78 is 65.6. The maximum Gasteiger partial charge on any atom is 0.416 e. The summed E-state index contributed by atoms with van der Waals surface area (Å²) in [4.78, 5) is 12.2. The Morgan fingerprint density at radius 3 is 2.30 bits per heavy atom. The second-order valence-electron chi connectivity index (χ2n) is 6.53. The number of nitrogens with zero attached hydrogens (tertiary/aromatic N) is 3. The number of aromatic nitrogens is 3. The molecule has 3 aromatic rings. The number of rotatable bonds is 4. The zero-order valence-electron chi connectivity index (χ0n) is 15.8. The van der Waals surface area contributed by atoms with Crippen LogP contribution >= 0.6 is 0 Å². The van der Waals surface area contributed by atoms with Crippen LogP contribution in [0.15, 0.2) is 36.5 Å². The topological polar surface area (TPSA) is 137 Å². The lowest BCUT2D eigenvalue weighted by Crippen LogP contribution is -2.12. The van der Waals surface area contributed by atoms with Gasteiger partial charge >= 0.3 is 6.18 Å². The van der Waals surface area contributed by atoms with E-state index < -0.39 is 21.8 Å². The Balaban J connectivity index is 2.31. The maximum absolute atomic E-state index is 13.5. The number of nitrogens with two attached hydrogens (primary N) is 2. The number of pyridine rings is 1. The Kier molecular flexibility index (Phi) is 5.29. The third-order valence-corrected chi connectivity index (χ3v) is 4.63. The summed E-state index contributed by atoms with van der Waals surface area (Å²) in [5.41, 5.74) is 11.4. The molecule has 158 valence electrons. The van der Waals surface area contributed by atoms with E-state index in [1.54, 1.807) is 13.0 Å². The average Bonchev–Trinajstić information content (AvgIpc) is 2.60. The van der Waals surface area contributed by atoms with Crippen molar-refractivity contribution in [3.05, 3.63) is 47.8 Å². The number of sulfonamides is 1. The van der Waals surface area contributed by atoms with Gasteiger partial charge < -0.3 is 11.5 Å². The van der Waals surface area contributed by atoms with Gasteiger partial charge in [0.25, 0.3) is 0 Å². The fraction of sp³-hybridized carbons (Fsp3) is 0.167. The highest BCUT2D eigenvalue weighted by Gasteiger charge is 2.32. The van der Waals surface area contributed by atoms with Gasteiger partial charge in [-0.05, 0) is 37.3 Å². The van der Waals surface area contributed by atoms with Gasteiger partial charge in [-0.2, -0.15) is 13.2 Å². The van der Waals surface area contributed by atoms with E-state index >= 15 is 0 Å². The van der Waals surface area contributed by atoms with Gasteiger partial charge in [0.1, 0.15) is 5.82 Å². The lowest BCUT2D eigenvalue weighted by Gasteiger charge is -2.16. The predicted molar refractivity (Wildman–Crippen MR) is 108 cm³/mol. The number of hydrogen-bond acceptors (Lipinski definition) is 7. The van der Waals surface area contributed by atoms with Crippen LogP contribution in [-0.4, -0.2) is 29.6 Å². The van der Waals surface area contributed by atoms with E-state index in [4.69, 9.17) is 11.5 Å². The molecule has 0 unspecified atom stereocenters. The van der Waals surface area contributed by atoms with Crippen LogP contribution in [0.5, 0.6) is 0 Å². The fourth-order valence-electron chi connectivity index (χ4n) is 2.90. The van der Waals surface area contributed by atoms with Crippen LogP contribution in [0.3, 0.4) is 0 Å². The first kappa shape index (κ1) is 21.3. The molecule has 0 atom stereocenters. The molecule has 2 heterocycles. The van der Waals surface area contributed by atoms with Crippen LogP contribution in [0.25, 0.3) is 22.4 Å². The van der Waals surface area contributed by atoms with E-state index in [0.717, 1.165) is 12.3 Å². The third-order valence-electron chi connectivity index (χ3n) is 4.02. The Morgan fingerprint density at radius 2 is 1.73 bits per heavy atom. The summed E-state index contributed by atoms with van der Waals surface area (Å²) >= 11 is 0. The van der Waals surface area contributed by atoms with Gasteiger partial charge in [0.05, 0.1) is 23.2 Å². The molecule has 0 bridgehead atoms. The molecule has 0 aliphatic carbocycles. The van der Waals surface area contributed by atoms with Crippen molar-refractivity contribution < 1.29 is 21.6 Å². The molecular weight excluding hydrogens is 421 g/mol. The molecule has 2 aromatic heterocycles. The summed E-state index contributed by atoms with van der Waals surface area (Å²) in [5.74, 6) is 0.109. The summed E-state index contributed by atoms with van der Waals surface area (Å²) in [6.07, 6.45) is -2.45. The highest BCUT2D eigenvalue weighted by molar-refractivity contribution is 7.92. The first-order chi connectivity index (χ1) is 13.8. The van der Waals surface area contributed by atoms with Crippen LogP contribution in [-0.2, 0) is 16.2 Å². The average molecular weight is 438 g/mol. The largest absolute Gasteiger partial charge is 0.416 e. The zero-order chi connectivity index (χ0) is 22.3. The molecule has 0 saturated carbocycles. The monoisotopic (exact) mass is 438 g/mol. The molecular formula is C18H17F3N6O2S. The minimum Gasteiger partial charge on any atom is -0.384 e. The molecule has 3 rings (SSSR count). The second-order valence-corrected chi connectivity index (χ2v) is 8.28. The van der Waals surface area contributed by atoms with E-state index in [0.29, 0.717) is 22.9 Å². The number of alkyl halides is 3. The minimum absolute atomic E-state index is 0.000000000000000222.